The van der Waals surface area contributed by atoms with Crippen molar-refractivity contribution in [2.24, 2.45) is 0 Å². The van der Waals surface area contributed by atoms with Crippen LogP contribution in [0.3, 0.4) is 0 Å². The van der Waals surface area contributed by atoms with Gasteiger partial charge in [-0.05, 0) is 0 Å². The molecule has 0 unspecified atom stereocenters. The Morgan fingerprint density at radius 2 is 0.923 bits per heavy atom. The molecule has 0 N–H and O–H groups in total. The van der Waals surface area contributed by atoms with Crippen molar-refractivity contribution < 1.29 is 43.0 Å². The predicted octanol–water partition coefficient (Wildman–Crippen LogP) is -0.899. The zero-order valence-electron chi connectivity index (χ0n) is 6.98. The van der Waals surface area contributed by atoms with Gasteiger partial charge in [0.15, 0.2) is 0 Å². The van der Waals surface area contributed by atoms with Gasteiger partial charge in [0.2, 0.25) is 0 Å². The fourth-order valence-corrected chi connectivity index (χ4v) is 0. The minimum Gasteiger partial charge on any atom is -0.748 e. The van der Waals surface area contributed by atoms with E-state index in [9.17, 15) is 25.9 Å². The monoisotopic (exact) mass is 281 g/mol. The topological polar surface area (TPSA) is 114 Å². The van der Waals surface area contributed by atoms with Crippen molar-refractivity contribution in [3.8, 4) is 0 Å². The summed E-state index contributed by atoms with van der Waals surface area (Å²) in [6, 6.07) is 0. The Morgan fingerprint density at radius 1 is 0.846 bits per heavy atom. The van der Waals surface area contributed by atoms with E-state index in [2.05, 4.69) is 0 Å². The second-order valence-corrected chi connectivity index (χ2v) is 5.08. The molecule has 0 aromatic heterocycles. The summed E-state index contributed by atoms with van der Waals surface area (Å²) in [4.78, 5) is 0. The van der Waals surface area contributed by atoms with Crippen LogP contribution in [0.2, 0.25) is 0 Å². The van der Waals surface area contributed by atoms with E-state index in [-0.39, 0.29) is 28.6 Å². The third kappa shape index (κ3) is 32.8. The molecule has 85 valence electrons. The van der Waals surface area contributed by atoms with Crippen LogP contribution >= 0.6 is 0 Å². The van der Waals surface area contributed by atoms with Gasteiger partial charge in [-0.25, -0.2) is 16.8 Å². The van der Waals surface area contributed by atoms with Crippen molar-refractivity contribution in [1.29, 1.82) is 0 Å². The minimum atomic E-state index is -3.91. The SMILES string of the molecule is CCS(=O)(=O)[O-].CCS(=O)(=O)[O-].[Cu+2]. The maximum atomic E-state index is 9.44. The van der Waals surface area contributed by atoms with Crippen LogP contribution in [-0.2, 0) is 37.3 Å². The van der Waals surface area contributed by atoms with E-state index in [1.54, 1.807) is 0 Å². The van der Waals surface area contributed by atoms with Crippen molar-refractivity contribution in [1.82, 2.24) is 0 Å². The molecule has 9 heteroatoms. The normalized spacial score (nSPS) is 10.8. The van der Waals surface area contributed by atoms with Crippen molar-refractivity contribution >= 4 is 20.2 Å². The van der Waals surface area contributed by atoms with E-state index < -0.39 is 20.2 Å². The van der Waals surface area contributed by atoms with Gasteiger partial charge < -0.3 is 9.11 Å². The van der Waals surface area contributed by atoms with E-state index in [0.717, 1.165) is 0 Å². The Labute approximate surface area is 88.7 Å². The third-order valence-electron chi connectivity index (χ3n) is 0.707. The molecule has 0 bridgehead atoms. The van der Waals surface area contributed by atoms with Gasteiger partial charge in [0.1, 0.15) is 0 Å². The van der Waals surface area contributed by atoms with Gasteiger partial charge >= 0.3 is 17.1 Å². The van der Waals surface area contributed by atoms with Gasteiger partial charge in [-0.2, -0.15) is 0 Å². The quantitative estimate of drug-likeness (QED) is 0.479. The second kappa shape index (κ2) is 7.72. The van der Waals surface area contributed by atoms with E-state index in [1.807, 2.05) is 0 Å². The van der Waals surface area contributed by atoms with E-state index in [4.69, 9.17) is 0 Å². The molecule has 0 saturated carbocycles. The molecule has 0 fully saturated rings. The summed E-state index contributed by atoms with van der Waals surface area (Å²) in [6.45, 7) is 2.62. The second-order valence-electron chi connectivity index (χ2n) is 1.69. The van der Waals surface area contributed by atoms with Gasteiger partial charge in [0.05, 0.1) is 20.2 Å². The van der Waals surface area contributed by atoms with E-state index >= 15 is 0 Å². The maximum Gasteiger partial charge on any atom is 2.00 e. The molecule has 0 aliphatic rings. The summed E-state index contributed by atoms with van der Waals surface area (Å²) in [5, 5.41) is 0. The number of rotatable bonds is 2. The Morgan fingerprint density at radius 3 is 0.923 bits per heavy atom. The van der Waals surface area contributed by atoms with Gasteiger partial charge in [-0.15, -0.1) is 0 Å². The molecule has 0 aromatic rings. The summed E-state index contributed by atoms with van der Waals surface area (Å²) in [7, 11) is -7.82. The maximum absolute atomic E-state index is 9.44. The van der Waals surface area contributed by atoms with Crippen molar-refractivity contribution in [3.63, 3.8) is 0 Å². The molecule has 0 amide bonds. The van der Waals surface area contributed by atoms with Crippen molar-refractivity contribution in [2.75, 3.05) is 11.5 Å². The number of hydrogen-bond donors (Lipinski definition) is 0. The van der Waals surface area contributed by atoms with Crippen LogP contribution in [0.4, 0.5) is 0 Å². The Hall–Kier alpha value is 0.339. The molecule has 0 saturated heterocycles. The molecule has 0 aromatic carbocycles. The van der Waals surface area contributed by atoms with Gasteiger partial charge in [-0.1, -0.05) is 13.8 Å². The predicted molar refractivity (Wildman–Crippen MR) is 40.5 cm³/mol. The molecular weight excluding hydrogens is 272 g/mol. The molecule has 1 radical (unpaired) electrons. The van der Waals surface area contributed by atoms with E-state index in [1.165, 1.54) is 13.8 Å². The van der Waals surface area contributed by atoms with Crippen LogP contribution in [0.25, 0.3) is 0 Å². The molecule has 0 aliphatic heterocycles. The summed E-state index contributed by atoms with van der Waals surface area (Å²) in [5.74, 6) is -0.625. The van der Waals surface area contributed by atoms with Crippen LogP contribution in [-0.4, -0.2) is 37.4 Å². The molecule has 0 aliphatic carbocycles. The summed E-state index contributed by atoms with van der Waals surface area (Å²) < 4.78 is 56.7. The van der Waals surface area contributed by atoms with Crippen LogP contribution in [0, 0.1) is 0 Å². The van der Waals surface area contributed by atoms with Crippen LogP contribution in [0.1, 0.15) is 13.8 Å². The molecular formula is C4H10CuO6S2. The average molecular weight is 282 g/mol. The third-order valence-corrected chi connectivity index (χ3v) is 2.12. The first-order valence-electron chi connectivity index (χ1n) is 2.99. The zero-order chi connectivity index (χ0) is 10.4. The van der Waals surface area contributed by atoms with Gasteiger partial charge in [0, 0.05) is 11.5 Å². The summed E-state index contributed by atoms with van der Waals surface area (Å²) in [6.07, 6.45) is 0. The first kappa shape index (κ1) is 19.0. The largest absolute Gasteiger partial charge is 2.00 e. The standard InChI is InChI=1S/2C2H6O3S.Cu/c2*1-2-6(3,4)5;/h2*2H2,1H3,(H,3,4,5);/q;;+2/p-2. The molecule has 0 heterocycles. The summed E-state index contributed by atoms with van der Waals surface area (Å²) >= 11 is 0. The zero-order valence-corrected chi connectivity index (χ0v) is 9.56. The van der Waals surface area contributed by atoms with Crippen LogP contribution in [0.15, 0.2) is 0 Å². The molecule has 0 spiro atoms. The molecule has 6 nitrogen and oxygen atoms in total. The van der Waals surface area contributed by atoms with Crippen molar-refractivity contribution in [3.05, 3.63) is 0 Å². The smallest absolute Gasteiger partial charge is 0.748 e. The first-order valence-corrected chi connectivity index (χ1v) is 6.15. The fraction of sp³-hybridized carbons (Fsp3) is 1.00. The minimum absolute atomic E-state index is 0. The number of hydrogen-bond acceptors (Lipinski definition) is 6. The van der Waals surface area contributed by atoms with Crippen LogP contribution < -0.4 is 0 Å². The fourth-order valence-electron chi connectivity index (χ4n) is 0. The molecule has 0 atom stereocenters. The first-order chi connectivity index (χ1) is 5.12. The van der Waals surface area contributed by atoms with E-state index in [0.29, 0.717) is 0 Å². The Kier molecular flexibility index (Phi) is 11.3. The Bertz CT molecular complexity index is 259. The van der Waals surface area contributed by atoms with Crippen LogP contribution in [0.5, 0.6) is 0 Å². The molecule has 13 heavy (non-hydrogen) atoms. The Balaban J connectivity index is -0.000000143. The van der Waals surface area contributed by atoms with Gasteiger partial charge in [-0.3, -0.25) is 0 Å². The van der Waals surface area contributed by atoms with Gasteiger partial charge in [0.25, 0.3) is 0 Å². The average Bonchev–Trinajstić information content (AvgIpc) is 1.86. The summed E-state index contributed by atoms with van der Waals surface area (Å²) in [5.41, 5.74) is 0. The van der Waals surface area contributed by atoms with Crippen molar-refractivity contribution in [2.45, 2.75) is 13.8 Å². The molecule has 0 rings (SSSR count).